The zero-order valence-corrected chi connectivity index (χ0v) is 10.3. The van der Waals surface area contributed by atoms with Gasteiger partial charge in [-0.3, -0.25) is 4.79 Å². The summed E-state index contributed by atoms with van der Waals surface area (Å²) >= 11 is 0. The number of anilines is 1. The zero-order valence-electron chi connectivity index (χ0n) is 10.3. The molecular weight excluding hydrogens is 241 g/mol. The van der Waals surface area contributed by atoms with Crippen LogP contribution in [0, 0.1) is 11.7 Å². The van der Waals surface area contributed by atoms with Crippen molar-refractivity contribution in [2.45, 2.75) is 12.3 Å². The van der Waals surface area contributed by atoms with Gasteiger partial charge in [-0.25, -0.2) is 4.39 Å². The van der Waals surface area contributed by atoms with E-state index in [0.717, 1.165) is 17.7 Å². The standard InChI is InChI=1S/C16H14FNO/c17-12-8-6-11(7-9-12)14-10-15(14)16(19)18-13-4-2-1-3-5-13/h1-9,14-15H,10H2,(H,18,19)/t14-,15+/m0/s1. The van der Waals surface area contributed by atoms with Crippen LogP contribution in [0.1, 0.15) is 17.9 Å². The molecule has 2 atom stereocenters. The van der Waals surface area contributed by atoms with Gasteiger partial charge in [0.1, 0.15) is 5.82 Å². The normalized spacial score (nSPS) is 20.9. The lowest BCUT2D eigenvalue weighted by molar-refractivity contribution is -0.117. The average molecular weight is 255 g/mol. The summed E-state index contributed by atoms with van der Waals surface area (Å²) in [6.07, 6.45) is 0.838. The summed E-state index contributed by atoms with van der Waals surface area (Å²) in [5, 5.41) is 2.90. The van der Waals surface area contributed by atoms with Crippen molar-refractivity contribution in [1.82, 2.24) is 0 Å². The Morgan fingerprint density at radius 3 is 2.42 bits per heavy atom. The lowest BCUT2D eigenvalue weighted by Gasteiger charge is -2.04. The first-order chi connectivity index (χ1) is 9.24. The SMILES string of the molecule is O=C(Nc1ccccc1)[C@@H]1C[C@H]1c1ccc(F)cc1. The number of benzene rings is 2. The van der Waals surface area contributed by atoms with Crippen LogP contribution in [0.2, 0.25) is 0 Å². The quantitative estimate of drug-likeness (QED) is 0.892. The molecule has 1 amide bonds. The zero-order chi connectivity index (χ0) is 13.2. The molecule has 0 unspecified atom stereocenters. The molecular formula is C16H14FNO. The van der Waals surface area contributed by atoms with E-state index in [1.54, 1.807) is 12.1 Å². The van der Waals surface area contributed by atoms with Crippen LogP contribution in [-0.2, 0) is 4.79 Å². The number of carbonyl (C=O) groups is 1. The van der Waals surface area contributed by atoms with Gasteiger partial charge in [-0.15, -0.1) is 0 Å². The first kappa shape index (κ1) is 11.9. The molecule has 96 valence electrons. The molecule has 3 heteroatoms. The van der Waals surface area contributed by atoms with Gasteiger partial charge in [0.05, 0.1) is 0 Å². The average Bonchev–Trinajstić information content (AvgIpc) is 3.21. The first-order valence-electron chi connectivity index (χ1n) is 6.35. The molecule has 1 N–H and O–H groups in total. The third kappa shape index (κ3) is 2.65. The topological polar surface area (TPSA) is 29.1 Å². The van der Waals surface area contributed by atoms with E-state index in [2.05, 4.69) is 5.32 Å². The van der Waals surface area contributed by atoms with Crippen LogP contribution in [0.25, 0.3) is 0 Å². The summed E-state index contributed by atoms with van der Waals surface area (Å²) in [5.41, 5.74) is 1.85. The molecule has 0 radical (unpaired) electrons. The van der Waals surface area contributed by atoms with Gasteiger partial charge in [0.2, 0.25) is 5.91 Å². The third-order valence-electron chi connectivity index (χ3n) is 3.47. The molecule has 1 aliphatic rings. The highest BCUT2D eigenvalue weighted by molar-refractivity contribution is 5.95. The number of rotatable bonds is 3. The maximum absolute atomic E-state index is 12.8. The van der Waals surface area contributed by atoms with E-state index in [1.807, 2.05) is 30.3 Å². The molecule has 2 aromatic carbocycles. The number of hydrogen-bond donors (Lipinski definition) is 1. The minimum absolute atomic E-state index is 0.00525. The molecule has 2 nitrogen and oxygen atoms in total. The molecule has 2 aromatic rings. The molecule has 3 rings (SSSR count). The Kier molecular flexibility index (Phi) is 3.03. The van der Waals surface area contributed by atoms with Crippen LogP contribution < -0.4 is 5.32 Å². The van der Waals surface area contributed by atoms with E-state index in [1.165, 1.54) is 12.1 Å². The Bertz CT molecular complexity index is 579. The second kappa shape index (κ2) is 4.84. The Hall–Kier alpha value is -2.16. The van der Waals surface area contributed by atoms with Crippen LogP contribution in [0.4, 0.5) is 10.1 Å². The van der Waals surface area contributed by atoms with Crippen LogP contribution in [0.15, 0.2) is 54.6 Å². The molecule has 1 fully saturated rings. The van der Waals surface area contributed by atoms with Crippen molar-refractivity contribution in [1.29, 1.82) is 0 Å². The van der Waals surface area contributed by atoms with Crippen molar-refractivity contribution < 1.29 is 9.18 Å². The summed E-state index contributed by atoms with van der Waals surface area (Å²) in [6, 6.07) is 15.8. The lowest BCUT2D eigenvalue weighted by Crippen LogP contribution is -2.14. The highest BCUT2D eigenvalue weighted by Gasteiger charge is 2.43. The van der Waals surface area contributed by atoms with Gasteiger partial charge in [-0.05, 0) is 42.2 Å². The maximum atomic E-state index is 12.8. The van der Waals surface area contributed by atoms with Gasteiger partial charge in [-0.1, -0.05) is 30.3 Å². The Labute approximate surface area is 111 Å². The van der Waals surface area contributed by atoms with Gasteiger partial charge >= 0.3 is 0 Å². The van der Waals surface area contributed by atoms with Crippen molar-refractivity contribution in [2.24, 2.45) is 5.92 Å². The van der Waals surface area contributed by atoms with E-state index in [4.69, 9.17) is 0 Å². The fourth-order valence-electron chi connectivity index (χ4n) is 2.32. The van der Waals surface area contributed by atoms with Crippen LogP contribution >= 0.6 is 0 Å². The Morgan fingerprint density at radius 1 is 1.05 bits per heavy atom. The fraction of sp³-hybridized carbons (Fsp3) is 0.188. The van der Waals surface area contributed by atoms with Crippen molar-refractivity contribution in [3.63, 3.8) is 0 Å². The van der Waals surface area contributed by atoms with E-state index in [0.29, 0.717) is 0 Å². The molecule has 1 saturated carbocycles. The second-order valence-corrected chi connectivity index (χ2v) is 4.86. The number of amides is 1. The molecule has 0 spiro atoms. The van der Waals surface area contributed by atoms with Gasteiger partial charge in [0.15, 0.2) is 0 Å². The largest absolute Gasteiger partial charge is 0.326 e. The van der Waals surface area contributed by atoms with Crippen molar-refractivity contribution in [2.75, 3.05) is 5.32 Å². The van der Waals surface area contributed by atoms with Crippen molar-refractivity contribution in [3.05, 3.63) is 66.0 Å². The van der Waals surface area contributed by atoms with Crippen molar-refractivity contribution >= 4 is 11.6 Å². The molecule has 0 aromatic heterocycles. The smallest absolute Gasteiger partial charge is 0.228 e. The van der Waals surface area contributed by atoms with E-state index in [9.17, 15) is 9.18 Å². The fourth-order valence-corrected chi connectivity index (χ4v) is 2.32. The number of carbonyl (C=O) groups excluding carboxylic acids is 1. The van der Waals surface area contributed by atoms with E-state index >= 15 is 0 Å². The summed E-state index contributed by atoms with van der Waals surface area (Å²) in [4.78, 5) is 12.0. The Morgan fingerprint density at radius 2 is 1.74 bits per heavy atom. The lowest BCUT2D eigenvalue weighted by atomic mass is 10.1. The maximum Gasteiger partial charge on any atom is 0.228 e. The van der Waals surface area contributed by atoms with Gasteiger partial charge in [-0.2, -0.15) is 0 Å². The van der Waals surface area contributed by atoms with Gasteiger partial charge in [0.25, 0.3) is 0 Å². The Balaban J connectivity index is 1.63. The molecule has 0 aliphatic heterocycles. The molecule has 0 bridgehead atoms. The number of halogens is 1. The summed E-state index contributed by atoms with van der Waals surface area (Å²) in [6.45, 7) is 0. The molecule has 0 heterocycles. The number of hydrogen-bond acceptors (Lipinski definition) is 1. The van der Waals surface area contributed by atoms with E-state index < -0.39 is 0 Å². The van der Waals surface area contributed by atoms with Crippen LogP contribution in [0.3, 0.4) is 0 Å². The molecule has 1 aliphatic carbocycles. The third-order valence-corrected chi connectivity index (χ3v) is 3.47. The number of para-hydroxylation sites is 1. The highest BCUT2D eigenvalue weighted by atomic mass is 19.1. The minimum atomic E-state index is -0.241. The van der Waals surface area contributed by atoms with Crippen LogP contribution in [-0.4, -0.2) is 5.91 Å². The van der Waals surface area contributed by atoms with Crippen LogP contribution in [0.5, 0.6) is 0 Å². The van der Waals surface area contributed by atoms with E-state index in [-0.39, 0.29) is 23.6 Å². The predicted molar refractivity (Wildman–Crippen MR) is 72.3 cm³/mol. The predicted octanol–water partition coefficient (Wildman–Crippen LogP) is 3.57. The first-order valence-corrected chi connectivity index (χ1v) is 6.35. The molecule has 19 heavy (non-hydrogen) atoms. The highest BCUT2D eigenvalue weighted by Crippen LogP contribution is 2.47. The number of nitrogens with one attached hydrogen (secondary N) is 1. The summed E-state index contributed by atoms with van der Waals surface area (Å²) in [5.74, 6) is 0.0326. The van der Waals surface area contributed by atoms with Gasteiger partial charge < -0.3 is 5.32 Å². The van der Waals surface area contributed by atoms with Crippen molar-refractivity contribution in [3.8, 4) is 0 Å². The van der Waals surface area contributed by atoms with Gasteiger partial charge in [0, 0.05) is 11.6 Å². The summed E-state index contributed by atoms with van der Waals surface area (Å²) < 4.78 is 12.8. The summed E-state index contributed by atoms with van der Waals surface area (Å²) in [7, 11) is 0. The monoisotopic (exact) mass is 255 g/mol. The second-order valence-electron chi connectivity index (χ2n) is 4.86. The minimum Gasteiger partial charge on any atom is -0.326 e. The molecule has 0 saturated heterocycles.